The lowest BCUT2D eigenvalue weighted by Gasteiger charge is -2.18. The predicted octanol–water partition coefficient (Wildman–Crippen LogP) is 4.48. The molecule has 3 aromatic heterocycles. The Kier molecular flexibility index (Phi) is 6.27. The van der Waals surface area contributed by atoms with E-state index >= 15 is 0 Å². The van der Waals surface area contributed by atoms with E-state index in [1.54, 1.807) is 39.4 Å². The largest absolute Gasteiger partial charge is 0.444 e. The Morgan fingerprint density at radius 2 is 2.03 bits per heavy atom. The fourth-order valence-electron chi connectivity index (χ4n) is 2.68. The van der Waals surface area contributed by atoms with Crippen LogP contribution in [-0.4, -0.2) is 50.9 Å². The Labute approximate surface area is 177 Å². The van der Waals surface area contributed by atoms with Crippen LogP contribution in [-0.2, 0) is 16.2 Å². The second kappa shape index (κ2) is 8.56. The van der Waals surface area contributed by atoms with Crippen molar-refractivity contribution in [3.8, 4) is 11.4 Å². The zero-order chi connectivity index (χ0) is 21.9. The SMILES string of the molecule is CC(C)(C)OC(=O)Nc1nc2c(-c3cn(COCC[Si](C)(C)C)cn3)nccc2[nH]1. The molecule has 9 nitrogen and oxygen atoms in total. The van der Waals surface area contributed by atoms with E-state index in [-0.39, 0.29) is 0 Å². The molecule has 0 aliphatic rings. The van der Waals surface area contributed by atoms with Crippen molar-refractivity contribution in [1.82, 2.24) is 24.5 Å². The molecule has 1 amide bonds. The highest BCUT2D eigenvalue weighted by atomic mass is 28.3. The number of carbonyl (C=O) groups is 1. The third-order valence-electron chi connectivity index (χ3n) is 4.13. The van der Waals surface area contributed by atoms with E-state index in [1.807, 2.05) is 10.8 Å². The molecule has 0 atom stereocenters. The number of rotatable bonds is 7. The number of pyridine rings is 1. The molecular formula is C20H30N6O3Si. The maximum Gasteiger partial charge on any atom is 0.414 e. The molecule has 0 spiro atoms. The fourth-order valence-corrected chi connectivity index (χ4v) is 3.44. The summed E-state index contributed by atoms with van der Waals surface area (Å²) >= 11 is 0. The minimum absolute atomic E-state index is 0.294. The number of imidazole rings is 2. The monoisotopic (exact) mass is 430 g/mol. The van der Waals surface area contributed by atoms with Crippen molar-refractivity contribution < 1.29 is 14.3 Å². The van der Waals surface area contributed by atoms with Gasteiger partial charge in [0, 0.05) is 27.1 Å². The number of amides is 1. The van der Waals surface area contributed by atoms with Crippen LogP contribution in [0, 0.1) is 0 Å². The van der Waals surface area contributed by atoms with Gasteiger partial charge < -0.3 is 19.0 Å². The van der Waals surface area contributed by atoms with Crippen molar-refractivity contribution in [1.29, 1.82) is 0 Å². The van der Waals surface area contributed by atoms with Gasteiger partial charge in [-0.15, -0.1) is 0 Å². The van der Waals surface area contributed by atoms with E-state index in [2.05, 4.69) is 44.9 Å². The summed E-state index contributed by atoms with van der Waals surface area (Å²) < 4.78 is 12.9. The molecule has 162 valence electrons. The number of hydrogen-bond donors (Lipinski definition) is 2. The van der Waals surface area contributed by atoms with Crippen LogP contribution >= 0.6 is 0 Å². The van der Waals surface area contributed by atoms with Gasteiger partial charge in [-0.3, -0.25) is 10.3 Å². The summed E-state index contributed by atoms with van der Waals surface area (Å²) in [5.74, 6) is 0.294. The average Bonchev–Trinajstić information content (AvgIpc) is 3.22. The molecule has 3 aromatic rings. The second-order valence-corrected chi connectivity index (χ2v) is 15.0. The lowest BCUT2D eigenvalue weighted by atomic mass is 10.2. The molecule has 0 saturated carbocycles. The topological polar surface area (TPSA) is 107 Å². The third-order valence-corrected chi connectivity index (χ3v) is 5.84. The number of ether oxygens (including phenoxy) is 2. The predicted molar refractivity (Wildman–Crippen MR) is 119 cm³/mol. The molecule has 2 N–H and O–H groups in total. The summed E-state index contributed by atoms with van der Waals surface area (Å²) in [4.78, 5) is 28.4. The van der Waals surface area contributed by atoms with Gasteiger partial charge in [0.15, 0.2) is 0 Å². The Balaban J connectivity index is 1.71. The summed E-state index contributed by atoms with van der Waals surface area (Å²) in [6.07, 6.45) is 4.70. The van der Waals surface area contributed by atoms with Gasteiger partial charge in [0.2, 0.25) is 5.95 Å². The van der Waals surface area contributed by atoms with Gasteiger partial charge in [-0.2, -0.15) is 0 Å². The van der Waals surface area contributed by atoms with E-state index in [9.17, 15) is 4.79 Å². The number of aromatic nitrogens is 5. The first-order valence-corrected chi connectivity index (χ1v) is 13.7. The van der Waals surface area contributed by atoms with Crippen molar-refractivity contribution >= 4 is 31.1 Å². The van der Waals surface area contributed by atoms with Crippen molar-refractivity contribution in [2.24, 2.45) is 0 Å². The van der Waals surface area contributed by atoms with E-state index in [0.29, 0.717) is 29.6 Å². The molecule has 0 aliphatic carbocycles. The summed E-state index contributed by atoms with van der Waals surface area (Å²) in [6.45, 7) is 13.6. The minimum Gasteiger partial charge on any atom is -0.444 e. The quantitative estimate of drug-likeness (QED) is 0.423. The van der Waals surface area contributed by atoms with Crippen LogP contribution < -0.4 is 5.32 Å². The Bertz CT molecular complexity index is 1020. The lowest BCUT2D eigenvalue weighted by molar-refractivity contribution is 0.0635. The van der Waals surface area contributed by atoms with Crippen molar-refractivity contribution in [3.63, 3.8) is 0 Å². The number of nitrogens with zero attached hydrogens (tertiary/aromatic N) is 4. The highest BCUT2D eigenvalue weighted by Gasteiger charge is 2.19. The molecule has 3 heterocycles. The molecule has 0 aromatic carbocycles. The molecule has 0 aliphatic heterocycles. The normalized spacial score (nSPS) is 12.3. The fraction of sp³-hybridized carbons (Fsp3) is 0.500. The minimum atomic E-state index is -1.11. The highest BCUT2D eigenvalue weighted by molar-refractivity contribution is 6.76. The Hall–Kier alpha value is -2.72. The van der Waals surface area contributed by atoms with Crippen molar-refractivity contribution in [2.45, 2.75) is 58.8 Å². The van der Waals surface area contributed by atoms with E-state index in [0.717, 1.165) is 18.2 Å². The van der Waals surface area contributed by atoms with Crippen LogP contribution in [0.15, 0.2) is 24.8 Å². The van der Waals surface area contributed by atoms with Gasteiger partial charge in [-0.05, 0) is 32.9 Å². The van der Waals surface area contributed by atoms with Gasteiger partial charge in [-0.25, -0.2) is 14.8 Å². The van der Waals surface area contributed by atoms with E-state index < -0.39 is 19.8 Å². The van der Waals surface area contributed by atoms with Crippen molar-refractivity contribution in [2.75, 3.05) is 11.9 Å². The third kappa shape index (κ3) is 6.14. The maximum absolute atomic E-state index is 12.0. The lowest BCUT2D eigenvalue weighted by Crippen LogP contribution is -2.27. The first-order chi connectivity index (χ1) is 14.0. The van der Waals surface area contributed by atoms with Crippen LogP contribution in [0.2, 0.25) is 25.7 Å². The average molecular weight is 431 g/mol. The second-order valence-electron chi connectivity index (χ2n) is 9.39. The number of H-pyrrole nitrogens is 1. The molecule has 0 bridgehead atoms. The zero-order valence-electron chi connectivity index (χ0n) is 18.4. The van der Waals surface area contributed by atoms with E-state index in [1.165, 1.54) is 0 Å². The maximum atomic E-state index is 12.0. The van der Waals surface area contributed by atoms with Crippen LogP contribution in [0.25, 0.3) is 22.4 Å². The van der Waals surface area contributed by atoms with Gasteiger partial charge in [0.05, 0.1) is 11.8 Å². The Morgan fingerprint density at radius 3 is 2.73 bits per heavy atom. The zero-order valence-corrected chi connectivity index (χ0v) is 19.4. The number of anilines is 1. The summed E-state index contributed by atoms with van der Waals surface area (Å²) in [5, 5.41) is 2.62. The molecule has 0 unspecified atom stereocenters. The summed E-state index contributed by atoms with van der Waals surface area (Å²) in [7, 11) is -1.11. The van der Waals surface area contributed by atoms with Crippen LogP contribution in [0.3, 0.4) is 0 Å². The van der Waals surface area contributed by atoms with Crippen LogP contribution in [0.5, 0.6) is 0 Å². The first kappa shape index (κ1) is 22.0. The first-order valence-electron chi connectivity index (χ1n) is 9.95. The molecule has 0 radical (unpaired) electrons. The molecule has 10 heteroatoms. The van der Waals surface area contributed by atoms with Gasteiger partial charge in [-0.1, -0.05) is 19.6 Å². The smallest absolute Gasteiger partial charge is 0.414 e. The van der Waals surface area contributed by atoms with Crippen LogP contribution in [0.1, 0.15) is 20.8 Å². The van der Waals surface area contributed by atoms with Gasteiger partial charge in [0.1, 0.15) is 29.2 Å². The summed E-state index contributed by atoms with van der Waals surface area (Å²) in [5.41, 5.74) is 2.08. The molecule has 3 rings (SSSR count). The summed E-state index contributed by atoms with van der Waals surface area (Å²) in [6, 6.07) is 2.92. The number of carbonyl (C=O) groups excluding carboxylic acids is 1. The number of fused-ring (bicyclic) bond motifs is 1. The molecular weight excluding hydrogens is 400 g/mol. The number of aromatic amines is 1. The van der Waals surface area contributed by atoms with Gasteiger partial charge in [0.25, 0.3) is 0 Å². The molecule has 0 saturated heterocycles. The molecule has 0 fully saturated rings. The van der Waals surface area contributed by atoms with Gasteiger partial charge >= 0.3 is 6.09 Å². The van der Waals surface area contributed by atoms with Crippen molar-refractivity contribution in [3.05, 3.63) is 24.8 Å². The Morgan fingerprint density at radius 1 is 1.27 bits per heavy atom. The number of nitrogens with one attached hydrogen (secondary N) is 2. The highest BCUT2D eigenvalue weighted by Crippen LogP contribution is 2.25. The van der Waals surface area contributed by atoms with E-state index in [4.69, 9.17) is 9.47 Å². The number of hydrogen-bond acceptors (Lipinski definition) is 6. The molecule has 30 heavy (non-hydrogen) atoms. The van der Waals surface area contributed by atoms with Crippen LogP contribution in [0.4, 0.5) is 10.7 Å². The standard InChI is InChI=1S/C20H30N6O3Si/c1-20(2,3)29-19(27)25-18-23-14-7-8-21-16(17(14)24-18)15-11-26(12-22-15)13-28-9-10-30(4,5)6/h7-8,11-12H,9-10,13H2,1-6H3,(H2,23,24,25,27).